The Kier molecular flexibility index (Phi) is 6.07. The quantitative estimate of drug-likeness (QED) is 0.845. The number of nitrogens with one attached hydrogen (secondary N) is 2. The molecular formula is C16H21ClN2O3. The Morgan fingerprint density at radius 2 is 2.05 bits per heavy atom. The smallest absolute Gasteiger partial charge is 0.226 e. The molecule has 22 heavy (non-hydrogen) atoms. The second kappa shape index (κ2) is 8.03. The monoisotopic (exact) mass is 324 g/mol. The van der Waals surface area contributed by atoms with Gasteiger partial charge in [-0.2, -0.15) is 0 Å². The number of methoxy groups -OCH3 is 1. The summed E-state index contributed by atoms with van der Waals surface area (Å²) in [5, 5.41) is 6.09. The van der Waals surface area contributed by atoms with E-state index in [-0.39, 0.29) is 24.2 Å². The Morgan fingerprint density at radius 1 is 1.32 bits per heavy atom. The minimum atomic E-state index is -0.188. The Morgan fingerprint density at radius 3 is 2.73 bits per heavy atom. The molecule has 5 nitrogen and oxygen atoms in total. The van der Waals surface area contributed by atoms with Gasteiger partial charge < -0.3 is 15.4 Å². The first-order valence-electron chi connectivity index (χ1n) is 7.51. The molecule has 0 aromatic heterocycles. The van der Waals surface area contributed by atoms with Gasteiger partial charge in [-0.15, -0.1) is 0 Å². The van der Waals surface area contributed by atoms with E-state index in [0.29, 0.717) is 23.0 Å². The zero-order chi connectivity index (χ0) is 15.9. The fraction of sp³-hybridized carbons (Fsp3) is 0.500. The molecule has 1 fully saturated rings. The van der Waals surface area contributed by atoms with Crippen molar-refractivity contribution < 1.29 is 14.3 Å². The highest BCUT2D eigenvalue weighted by Crippen LogP contribution is 2.27. The largest absolute Gasteiger partial charge is 0.495 e. The number of carbonyl (C=O) groups is 2. The summed E-state index contributed by atoms with van der Waals surface area (Å²) in [4.78, 5) is 23.8. The van der Waals surface area contributed by atoms with Crippen LogP contribution in [0.3, 0.4) is 0 Å². The predicted octanol–water partition coefficient (Wildman–Crippen LogP) is 2.98. The number of anilines is 1. The van der Waals surface area contributed by atoms with Gasteiger partial charge in [0.2, 0.25) is 11.8 Å². The number of ether oxygens (including phenoxy) is 1. The van der Waals surface area contributed by atoms with E-state index in [1.807, 2.05) is 0 Å². The molecular weight excluding hydrogens is 304 g/mol. The second-order valence-corrected chi connectivity index (χ2v) is 5.85. The van der Waals surface area contributed by atoms with E-state index in [2.05, 4.69) is 10.6 Å². The summed E-state index contributed by atoms with van der Waals surface area (Å²) in [6.45, 7) is 0.337. The molecule has 0 radical (unpaired) electrons. The zero-order valence-electron chi connectivity index (χ0n) is 12.7. The molecule has 0 saturated heterocycles. The SMILES string of the molecule is COc1ccc(Cl)cc1NC(=O)CCNC(=O)C1CCCC1. The number of halogens is 1. The highest BCUT2D eigenvalue weighted by Gasteiger charge is 2.22. The summed E-state index contributed by atoms with van der Waals surface area (Å²) in [6.07, 6.45) is 4.36. The number of hydrogen-bond acceptors (Lipinski definition) is 3. The van der Waals surface area contributed by atoms with Crippen molar-refractivity contribution in [3.8, 4) is 5.75 Å². The van der Waals surface area contributed by atoms with E-state index in [9.17, 15) is 9.59 Å². The van der Waals surface area contributed by atoms with Gasteiger partial charge in [-0.25, -0.2) is 0 Å². The van der Waals surface area contributed by atoms with Gasteiger partial charge in [0.1, 0.15) is 5.75 Å². The number of amides is 2. The Bertz CT molecular complexity index is 542. The van der Waals surface area contributed by atoms with Gasteiger partial charge in [0.25, 0.3) is 0 Å². The first-order chi connectivity index (χ1) is 10.6. The standard InChI is InChI=1S/C16H21ClN2O3/c1-22-14-7-6-12(17)10-13(14)19-15(20)8-9-18-16(21)11-4-2-3-5-11/h6-7,10-11H,2-5,8-9H2,1H3,(H,18,21)(H,19,20). The van der Waals surface area contributed by atoms with Crippen molar-refractivity contribution >= 4 is 29.1 Å². The summed E-state index contributed by atoms with van der Waals surface area (Å²) in [5.41, 5.74) is 0.530. The summed E-state index contributed by atoms with van der Waals surface area (Å²) >= 11 is 5.91. The van der Waals surface area contributed by atoms with Gasteiger partial charge in [-0.1, -0.05) is 24.4 Å². The maximum absolute atomic E-state index is 11.9. The third-order valence-corrected chi connectivity index (χ3v) is 4.05. The molecule has 2 N–H and O–H groups in total. The van der Waals surface area contributed by atoms with Crippen molar-refractivity contribution in [3.05, 3.63) is 23.2 Å². The van der Waals surface area contributed by atoms with Crippen LogP contribution in [0.4, 0.5) is 5.69 Å². The number of hydrogen-bond donors (Lipinski definition) is 2. The molecule has 0 heterocycles. The van der Waals surface area contributed by atoms with Crippen LogP contribution in [0.25, 0.3) is 0 Å². The minimum Gasteiger partial charge on any atom is -0.495 e. The molecule has 0 bridgehead atoms. The third-order valence-electron chi connectivity index (χ3n) is 3.81. The fourth-order valence-electron chi connectivity index (χ4n) is 2.62. The Labute approximate surface area is 135 Å². The van der Waals surface area contributed by atoms with Gasteiger partial charge in [0, 0.05) is 23.9 Å². The highest BCUT2D eigenvalue weighted by molar-refractivity contribution is 6.31. The number of rotatable bonds is 6. The summed E-state index contributed by atoms with van der Waals surface area (Å²) in [7, 11) is 1.53. The summed E-state index contributed by atoms with van der Waals surface area (Å²) in [5.74, 6) is 0.543. The molecule has 0 unspecified atom stereocenters. The molecule has 0 atom stereocenters. The molecule has 1 saturated carbocycles. The highest BCUT2D eigenvalue weighted by atomic mass is 35.5. The lowest BCUT2D eigenvalue weighted by Gasteiger charge is -2.12. The van der Waals surface area contributed by atoms with E-state index in [1.54, 1.807) is 18.2 Å². The average molecular weight is 325 g/mol. The lowest BCUT2D eigenvalue weighted by Crippen LogP contribution is -2.32. The van der Waals surface area contributed by atoms with Gasteiger partial charge in [-0.05, 0) is 31.0 Å². The molecule has 120 valence electrons. The molecule has 0 spiro atoms. The molecule has 1 aliphatic carbocycles. The van der Waals surface area contributed by atoms with E-state index < -0.39 is 0 Å². The van der Waals surface area contributed by atoms with Gasteiger partial charge in [0.15, 0.2) is 0 Å². The van der Waals surface area contributed by atoms with Crippen molar-refractivity contribution in [2.45, 2.75) is 32.1 Å². The first-order valence-corrected chi connectivity index (χ1v) is 7.89. The molecule has 1 aromatic rings. The van der Waals surface area contributed by atoms with Gasteiger partial charge in [-0.3, -0.25) is 9.59 Å². The molecule has 1 aromatic carbocycles. The summed E-state index contributed by atoms with van der Waals surface area (Å²) < 4.78 is 5.17. The van der Waals surface area contributed by atoms with Crippen LogP contribution in [0.1, 0.15) is 32.1 Å². The van der Waals surface area contributed by atoms with E-state index in [4.69, 9.17) is 16.3 Å². The van der Waals surface area contributed by atoms with Crippen molar-refractivity contribution in [3.63, 3.8) is 0 Å². The Balaban J connectivity index is 1.78. The zero-order valence-corrected chi connectivity index (χ0v) is 13.4. The van der Waals surface area contributed by atoms with Crippen LogP contribution in [0, 0.1) is 5.92 Å². The normalized spacial score (nSPS) is 14.6. The van der Waals surface area contributed by atoms with Crippen LogP contribution in [0.5, 0.6) is 5.75 Å². The fourth-order valence-corrected chi connectivity index (χ4v) is 2.79. The lowest BCUT2D eigenvalue weighted by atomic mass is 10.1. The average Bonchev–Trinajstić information content (AvgIpc) is 3.01. The van der Waals surface area contributed by atoms with Crippen molar-refractivity contribution in [2.24, 2.45) is 5.92 Å². The Hall–Kier alpha value is -1.75. The molecule has 1 aliphatic rings. The van der Waals surface area contributed by atoms with Crippen LogP contribution in [0.2, 0.25) is 5.02 Å². The van der Waals surface area contributed by atoms with Crippen LogP contribution >= 0.6 is 11.6 Å². The molecule has 2 amide bonds. The van der Waals surface area contributed by atoms with E-state index in [1.165, 1.54) is 7.11 Å². The maximum atomic E-state index is 11.9. The van der Waals surface area contributed by atoms with Crippen LogP contribution in [-0.4, -0.2) is 25.5 Å². The third kappa shape index (κ3) is 4.63. The molecule has 0 aliphatic heterocycles. The van der Waals surface area contributed by atoms with Gasteiger partial charge >= 0.3 is 0 Å². The number of benzene rings is 1. The first kappa shape index (κ1) is 16.6. The lowest BCUT2D eigenvalue weighted by molar-refractivity contribution is -0.124. The topological polar surface area (TPSA) is 67.4 Å². The van der Waals surface area contributed by atoms with Crippen molar-refractivity contribution in [1.82, 2.24) is 5.32 Å². The van der Waals surface area contributed by atoms with Crippen LogP contribution in [0.15, 0.2) is 18.2 Å². The summed E-state index contributed by atoms with van der Waals surface area (Å²) in [6, 6.07) is 5.02. The minimum absolute atomic E-state index is 0.0608. The van der Waals surface area contributed by atoms with E-state index >= 15 is 0 Å². The van der Waals surface area contributed by atoms with Crippen LogP contribution in [-0.2, 0) is 9.59 Å². The number of carbonyl (C=O) groups excluding carboxylic acids is 2. The van der Waals surface area contributed by atoms with Crippen LogP contribution < -0.4 is 15.4 Å². The molecule has 6 heteroatoms. The maximum Gasteiger partial charge on any atom is 0.226 e. The second-order valence-electron chi connectivity index (χ2n) is 5.42. The van der Waals surface area contributed by atoms with E-state index in [0.717, 1.165) is 25.7 Å². The molecule has 2 rings (SSSR count). The van der Waals surface area contributed by atoms with Crippen molar-refractivity contribution in [2.75, 3.05) is 19.0 Å². The van der Waals surface area contributed by atoms with Crippen molar-refractivity contribution in [1.29, 1.82) is 0 Å². The predicted molar refractivity (Wildman–Crippen MR) is 86.2 cm³/mol. The van der Waals surface area contributed by atoms with Gasteiger partial charge in [0.05, 0.1) is 12.8 Å².